The third-order valence-electron chi connectivity index (χ3n) is 3.54. The fourth-order valence-corrected chi connectivity index (χ4v) is 2.25. The fraction of sp³-hybridized carbons (Fsp3) is 0.222. The Balaban J connectivity index is 1.48. The number of benzene rings is 1. The number of anilines is 2. The Labute approximate surface area is 140 Å². The number of methoxy groups -OCH3 is 1. The number of ether oxygens (including phenoxy) is 1. The number of nitrogens with zero attached hydrogens (tertiary/aromatic N) is 2. The zero-order valence-corrected chi connectivity index (χ0v) is 13.5. The zero-order chi connectivity index (χ0) is 16.6. The van der Waals surface area contributed by atoms with Gasteiger partial charge in [0, 0.05) is 12.7 Å². The second-order valence-electron chi connectivity index (χ2n) is 5.22. The predicted molar refractivity (Wildman–Crippen MR) is 93.3 cm³/mol. The lowest BCUT2D eigenvalue weighted by Crippen LogP contribution is -2.09. The monoisotopic (exact) mass is 324 g/mol. The first-order chi connectivity index (χ1) is 11.8. The minimum atomic E-state index is 0.558. The summed E-state index contributed by atoms with van der Waals surface area (Å²) in [7, 11) is 1.67. The van der Waals surface area contributed by atoms with E-state index in [1.54, 1.807) is 19.6 Å². The standard InChI is InChI=1S/C18H20N4O2/c1-23-15-6-4-14(5-7-15)8-10-19-17-9-11-20-18(22-17)21-13-16-3-2-12-24-16/h2-7,9,11-12H,8,10,13H2,1H3,(H2,19,20,21,22). The van der Waals surface area contributed by atoms with Gasteiger partial charge in [0.15, 0.2) is 0 Å². The van der Waals surface area contributed by atoms with Crippen molar-refractivity contribution < 1.29 is 9.15 Å². The molecule has 0 fully saturated rings. The largest absolute Gasteiger partial charge is 0.497 e. The van der Waals surface area contributed by atoms with Crippen LogP contribution in [0.4, 0.5) is 11.8 Å². The molecule has 24 heavy (non-hydrogen) atoms. The van der Waals surface area contributed by atoms with Crippen molar-refractivity contribution in [3.63, 3.8) is 0 Å². The highest BCUT2D eigenvalue weighted by Gasteiger charge is 2.01. The van der Waals surface area contributed by atoms with Crippen molar-refractivity contribution >= 4 is 11.8 Å². The van der Waals surface area contributed by atoms with Gasteiger partial charge in [-0.3, -0.25) is 0 Å². The van der Waals surface area contributed by atoms with E-state index in [1.807, 2.05) is 30.3 Å². The number of hydrogen-bond acceptors (Lipinski definition) is 6. The lowest BCUT2D eigenvalue weighted by molar-refractivity contribution is 0.414. The Bertz CT molecular complexity index is 742. The average Bonchev–Trinajstić information content (AvgIpc) is 3.15. The Morgan fingerprint density at radius 2 is 1.96 bits per heavy atom. The fourth-order valence-electron chi connectivity index (χ4n) is 2.25. The predicted octanol–water partition coefficient (Wildman–Crippen LogP) is 3.34. The first-order valence-electron chi connectivity index (χ1n) is 7.79. The molecular formula is C18H20N4O2. The van der Waals surface area contributed by atoms with E-state index in [1.165, 1.54) is 5.56 Å². The van der Waals surface area contributed by atoms with Crippen LogP contribution in [0, 0.1) is 0 Å². The molecule has 124 valence electrons. The molecule has 1 aromatic carbocycles. The Morgan fingerprint density at radius 3 is 2.71 bits per heavy atom. The lowest BCUT2D eigenvalue weighted by atomic mass is 10.1. The minimum Gasteiger partial charge on any atom is -0.497 e. The summed E-state index contributed by atoms with van der Waals surface area (Å²) in [5.74, 6) is 3.08. The molecule has 0 bridgehead atoms. The summed E-state index contributed by atoms with van der Waals surface area (Å²) in [5, 5.41) is 6.45. The van der Waals surface area contributed by atoms with Crippen molar-refractivity contribution in [2.75, 3.05) is 24.3 Å². The molecule has 2 aromatic heterocycles. The number of nitrogens with one attached hydrogen (secondary N) is 2. The lowest BCUT2D eigenvalue weighted by Gasteiger charge is -2.08. The van der Waals surface area contributed by atoms with E-state index in [0.717, 1.165) is 30.3 Å². The molecule has 0 saturated carbocycles. The van der Waals surface area contributed by atoms with Gasteiger partial charge in [-0.25, -0.2) is 4.98 Å². The molecule has 0 atom stereocenters. The van der Waals surface area contributed by atoms with Crippen LogP contribution in [0.25, 0.3) is 0 Å². The first kappa shape index (κ1) is 15.9. The topological polar surface area (TPSA) is 72.2 Å². The number of rotatable bonds is 8. The molecule has 2 N–H and O–H groups in total. The van der Waals surface area contributed by atoms with Gasteiger partial charge in [-0.15, -0.1) is 0 Å². The van der Waals surface area contributed by atoms with Crippen LogP contribution in [-0.2, 0) is 13.0 Å². The van der Waals surface area contributed by atoms with Crippen LogP contribution in [0.2, 0.25) is 0 Å². The van der Waals surface area contributed by atoms with E-state index in [2.05, 4.69) is 32.7 Å². The van der Waals surface area contributed by atoms with E-state index in [4.69, 9.17) is 9.15 Å². The van der Waals surface area contributed by atoms with Crippen molar-refractivity contribution in [1.82, 2.24) is 9.97 Å². The summed E-state index contributed by atoms with van der Waals surface area (Å²) in [5.41, 5.74) is 1.24. The number of aromatic nitrogens is 2. The number of hydrogen-bond donors (Lipinski definition) is 2. The summed E-state index contributed by atoms with van der Waals surface area (Å²) >= 11 is 0. The maximum Gasteiger partial charge on any atom is 0.224 e. The van der Waals surface area contributed by atoms with E-state index >= 15 is 0 Å². The molecule has 3 aromatic rings. The van der Waals surface area contributed by atoms with Crippen molar-refractivity contribution in [3.05, 3.63) is 66.2 Å². The molecule has 0 aliphatic heterocycles. The molecular weight excluding hydrogens is 304 g/mol. The average molecular weight is 324 g/mol. The molecule has 2 heterocycles. The summed E-state index contributed by atoms with van der Waals surface area (Å²) in [6, 6.07) is 13.7. The van der Waals surface area contributed by atoms with Crippen LogP contribution in [0.5, 0.6) is 5.75 Å². The van der Waals surface area contributed by atoms with Gasteiger partial charge < -0.3 is 19.8 Å². The minimum absolute atomic E-state index is 0.558. The molecule has 0 spiro atoms. The van der Waals surface area contributed by atoms with E-state index < -0.39 is 0 Å². The normalized spacial score (nSPS) is 10.4. The third-order valence-corrected chi connectivity index (χ3v) is 3.54. The van der Waals surface area contributed by atoms with Gasteiger partial charge in [0.2, 0.25) is 5.95 Å². The van der Waals surface area contributed by atoms with Gasteiger partial charge in [-0.1, -0.05) is 12.1 Å². The van der Waals surface area contributed by atoms with Gasteiger partial charge in [-0.05, 0) is 42.3 Å². The van der Waals surface area contributed by atoms with E-state index in [-0.39, 0.29) is 0 Å². The molecule has 0 unspecified atom stereocenters. The smallest absolute Gasteiger partial charge is 0.224 e. The van der Waals surface area contributed by atoms with Gasteiger partial charge in [0.25, 0.3) is 0 Å². The van der Waals surface area contributed by atoms with Crippen molar-refractivity contribution in [2.45, 2.75) is 13.0 Å². The Hall–Kier alpha value is -3.02. The van der Waals surface area contributed by atoms with Crippen molar-refractivity contribution in [1.29, 1.82) is 0 Å². The third kappa shape index (κ3) is 4.49. The summed E-state index contributed by atoms with van der Waals surface area (Å²) in [6.07, 6.45) is 4.28. The molecule has 6 heteroatoms. The summed E-state index contributed by atoms with van der Waals surface area (Å²) in [6.45, 7) is 1.35. The highest BCUT2D eigenvalue weighted by Crippen LogP contribution is 2.12. The van der Waals surface area contributed by atoms with Gasteiger partial charge in [0.05, 0.1) is 19.9 Å². The van der Waals surface area contributed by atoms with Crippen LogP contribution < -0.4 is 15.4 Å². The highest BCUT2D eigenvalue weighted by molar-refractivity contribution is 5.40. The Morgan fingerprint density at radius 1 is 1.08 bits per heavy atom. The maximum atomic E-state index is 5.27. The van der Waals surface area contributed by atoms with Gasteiger partial charge in [-0.2, -0.15) is 4.98 Å². The SMILES string of the molecule is COc1ccc(CCNc2ccnc(NCc3ccco3)n2)cc1. The summed E-state index contributed by atoms with van der Waals surface area (Å²) in [4.78, 5) is 8.64. The molecule has 3 rings (SSSR count). The quantitative estimate of drug-likeness (QED) is 0.662. The van der Waals surface area contributed by atoms with Crippen LogP contribution in [0.1, 0.15) is 11.3 Å². The number of furan rings is 1. The van der Waals surface area contributed by atoms with Crippen LogP contribution in [0.15, 0.2) is 59.3 Å². The first-order valence-corrected chi connectivity index (χ1v) is 7.79. The van der Waals surface area contributed by atoms with Gasteiger partial charge in [0.1, 0.15) is 17.3 Å². The molecule has 0 saturated heterocycles. The van der Waals surface area contributed by atoms with Crippen molar-refractivity contribution in [2.24, 2.45) is 0 Å². The molecule has 0 amide bonds. The van der Waals surface area contributed by atoms with E-state index in [9.17, 15) is 0 Å². The second-order valence-corrected chi connectivity index (χ2v) is 5.22. The van der Waals surface area contributed by atoms with Crippen LogP contribution in [0.3, 0.4) is 0 Å². The summed E-state index contributed by atoms with van der Waals surface area (Å²) < 4.78 is 10.4. The van der Waals surface area contributed by atoms with Crippen LogP contribution in [-0.4, -0.2) is 23.6 Å². The zero-order valence-electron chi connectivity index (χ0n) is 13.5. The Kier molecular flexibility index (Phi) is 5.29. The molecule has 0 aliphatic carbocycles. The van der Waals surface area contributed by atoms with Crippen molar-refractivity contribution in [3.8, 4) is 5.75 Å². The van der Waals surface area contributed by atoms with Crippen LogP contribution >= 0.6 is 0 Å². The molecule has 6 nitrogen and oxygen atoms in total. The molecule has 0 aliphatic rings. The van der Waals surface area contributed by atoms with E-state index in [0.29, 0.717) is 12.5 Å². The second kappa shape index (κ2) is 8.01. The highest BCUT2D eigenvalue weighted by atomic mass is 16.5. The van der Waals surface area contributed by atoms with Gasteiger partial charge >= 0.3 is 0 Å². The molecule has 0 radical (unpaired) electrons. The maximum absolute atomic E-state index is 5.27.